The highest BCUT2D eigenvalue weighted by Gasteiger charge is 2.43. The van der Waals surface area contributed by atoms with Crippen molar-refractivity contribution in [2.45, 2.75) is 45.0 Å². The zero-order valence-electron chi connectivity index (χ0n) is 21.5. The van der Waals surface area contributed by atoms with Crippen LogP contribution in [-0.2, 0) is 27.7 Å². The summed E-state index contributed by atoms with van der Waals surface area (Å²) in [6, 6.07) is 12.8. The van der Waals surface area contributed by atoms with Crippen molar-refractivity contribution in [1.82, 2.24) is 14.9 Å². The lowest BCUT2D eigenvalue weighted by Gasteiger charge is -2.25. The van der Waals surface area contributed by atoms with Gasteiger partial charge in [-0.2, -0.15) is 0 Å². The summed E-state index contributed by atoms with van der Waals surface area (Å²) < 4.78 is 38.4. The maximum absolute atomic E-state index is 15.0. The van der Waals surface area contributed by atoms with Crippen molar-refractivity contribution in [1.29, 1.82) is 0 Å². The fraction of sp³-hybridized carbons (Fsp3) is 0.385. The van der Waals surface area contributed by atoms with Crippen LogP contribution in [0.1, 0.15) is 32.8 Å². The normalized spacial score (nSPS) is 13.1. The van der Waals surface area contributed by atoms with Crippen LogP contribution in [0.3, 0.4) is 0 Å². The standard InChI is InChI=1S/C24H28FN3O5S.C2H6/c1-24(23(30)26-31,34(4,32)33)11-12-28-15-21(25)20-13-18(9-10-19(20)22(28)29)17-7-5-16(6-8-17)14-27(2)3;1-2/h5-10,13,15,31H,11-12,14H2,1-4H3,(H,26,30);1-2H3/t24-;/m1./s1. The number of sulfone groups is 1. The van der Waals surface area contributed by atoms with Crippen LogP contribution in [-0.4, -0.2) is 54.1 Å². The highest BCUT2D eigenvalue weighted by atomic mass is 32.2. The molecule has 1 aromatic heterocycles. The number of nitrogens with zero attached hydrogens (tertiary/aromatic N) is 2. The second-order valence-electron chi connectivity index (χ2n) is 8.86. The van der Waals surface area contributed by atoms with Gasteiger partial charge in [0.1, 0.15) is 5.82 Å². The van der Waals surface area contributed by atoms with Gasteiger partial charge in [0.15, 0.2) is 14.6 Å². The lowest BCUT2D eigenvalue weighted by molar-refractivity contribution is -0.131. The van der Waals surface area contributed by atoms with Crippen molar-refractivity contribution in [2.75, 3.05) is 20.4 Å². The molecule has 1 heterocycles. The minimum absolute atomic E-state index is 0.139. The van der Waals surface area contributed by atoms with Gasteiger partial charge in [-0.15, -0.1) is 0 Å². The van der Waals surface area contributed by atoms with E-state index in [0.717, 1.165) is 47.2 Å². The zero-order chi connectivity index (χ0) is 27.3. The molecule has 3 rings (SSSR count). The summed E-state index contributed by atoms with van der Waals surface area (Å²) in [5.41, 5.74) is 3.62. The molecular weight excluding hydrogens is 485 g/mol. The highest BCUT2D eigenvalue weighted by molar-refractivity contribution is 7.92. The Morgan fingerprint density at radius 2 is 1.67 bits per heavy atom. The van der Waals surface area contributed by atoms with Crippen LogP contribution in [0, 0.1) is 5.82 Å². The van der Waals surface area contributed by atoms with Crippen LogP contribution < -0.4 is 11.0 Å². The summed E-state index contributed by atoms with van der Waals surface area (Å²) >= 11 is 0. The first-order valence-electron chi connectivity index (χ1n) is 11.6. The molecule has 0 bridgehead atoms. The molecule has 8 nitrogen and oxygen atoms in total. The van der Waals surface area contributed by atoms with Gasteiger partial charge in [0.25, 0.3) is 11.5 Å². The maximum Gasteiger partial charge on any atom is 0.264 e. The molecule has 0 unspecified atom stereocenters. The highest BCUT2D eigenvalue weighted by Crippen LogP contribution is 2.26. The summed E-state index contributed by atoms with van der Waals surface area (Å²) in [5.74, 6) is -1.76. The SMILES string of the molecule is CC.CN(C)Cc1ccc(-c2ccc3c(=O)n(CC[C@](C)(C(=O)NO)S(C)(=O)=O)cc(F)c3c2)cc1. The first kappa shape index (κ1) is 29.2. The number of rotatable bonds is 8. The van der Waals surface area contributed by atoms with Crippen LogP contribution in [0.4, 0.5) is 4.39 Å². The molecular formula is C26H34FN3O5S. The number of benzene rings is 2. The van der Waals surface area contributed by atoms with E-state index in [0.29, 0.717) is 0 Å². The molecule has 0 radical (unpaired) electrons. The number of halogens is 1. The van der Waals surface area contributed by atoms with Crippen molar-refractivity contribution in [2.24, 2.45) is 0 Å². The van der Waals surface area contributed by atoms with Crippen LogP contribution in [0.5, 0.6) is 0 Å². The fourth-order valence-electron chi connectivity index (χ4n) is 3.78. The Morgan fingerprint density at radius 1 is 1.08 bits per heavy atom. The number of amides is 1. The third kappa shape index (κ3) is 6.18. The van der Waals surface area contributed by atoms with Crippen molar-refractivity contribution < 1.29 is 22.8 Å². The van der Waals surface area contributed by atoms with Crippen molar-refractivity contribution >= 4 is 26.5 Å². The molecule has 0 aliphatic rings. The molecule has 36 heavy (non-hydrogen) atoms. The molecule has 1 amide bonds. The number of nitrogens with one attached hydrogen (secondary N) is 1. The molecule has 0 spiro atoms. The Hall–Kier alpha value is -3.08. The second kappa shape index (κ2) is 11.8. The average molecular weight is 520 g/mol. The van der Waals surface area contributed by atoms with Crippen molar-refractivity contribution in [3.8, 4) is 11.1 Å². The van der Waals surface area contributed by atoms with E-state index >= 15 is 4.39 Å². The van der Waals surface area contributed by atoms with Crippen LogP contribution in [0.2, 0.25) is 0 Å². The number of aryl methyl sites for hydroxylation is 1. The Bertz CT molecular complexity index is 1390. The predicted octanol–water partition coefficient (Wildman–Crippen LogP) is 3.59. The van der Waals surface area contributed by atoms with Gasteiger partial charge in [0.2, 0.25) is 0 Å². The number of fused-ring (bicyclic) bond motifs is 1. The maximum atomic E-state index is 15.0. The lowest BCUT2D eigenvalue weighted by atomic mass is 10.0. The quantitative estimate of drug-likeness (QED) is 0.348. The largest absolute Gasteiger partial charge is 0.312 e. The van der Waals surface area contributed by atoms with Crippen LogP contribution in [0.25, 0.3) is 21.9 Å². The summed E-state index contributed by atoms with van der Waals surface area (Å²) in [7, 11) is 0.0225. The predicted molar refractivity (Wildman–Crippen MR) is 140 cm³/mol. The summed E-state index contributed by atoms with van der Waals surface area (Å²) in [6.07, 6.45) is 1.54. The molecule has 196 valence electrons. The molecule has 3 aromatic rings. The molecule has 2 aromatic carbocycles. The van der Waals surface area contributed by atoms with Gasteiger partial charge >= 0.3 is 0 Å². The first-order valence-corrected chi connectivity index (χ1v) is 13.5. The number of hydrogen-bond acceptors (Lipinski definition) is 6. The van der Waals surface area contributed by atoms with Gasteiger partial charge in [0.05, 0.1) is 5.39 Å². The number of hydroxylamine groups is 1. The van der Waals surface area contributed by atoms with Gasteiger partial charge in [0, 0.05) is 30.9 Å². The van der Waals surface area contributed by atoms with Crippen LogP contribution >= 0.6 is 0 Å². The Morgan fingerprint density at radius 3 is 2.19 bits per heavy atom. The average Bonchev–Trinajstić information content (AvgIpc) is 2.85. The van der Waals surface area contributed by atoms with E-state index in [1.165, 1.54) is 11.5 Å². The number of aromatic nitrogens is 1. The van der Waals surface area contributed by atoms with E-state index in [9.17, 15) is 18.0 Å². The van der Waals surface area contributed by atoms with Gasteiger partial charge in [-0.05, 0) is 56.3 Å². The topological polar surface area (TPSA) is 109 Å². The van der Waals surface area contributed by atoms with Gasteiger partial charge < -0.3 is 9.47 Å². The monoisotopic (exact) mass is 519 g/mol. The smallest absolute Gasteiger partial charge is 0.264 e. The zero-order valence-corrected chi connectivity index (χ0v) is 22.3. The Labute approximate surface area is 211 Å². The third-order valence-electron chi connectivity index (χ3n) is 6.05. The number of hydrogen-bond donors (Lipinski definition) is 2. The third-order valence-corrected chi connectivity index (χ3v) is 8.08. The minimum Gasteiger partial charge on any atom is -0.312 e. The molecule has 0 saturated carbocycles. The number of carbonyl (C=O) groups is 1. The lowest BCUT2D eigenvalue weighted by Crippen LogP contribution is -2.50. The van der Waals surface area contributed by atoms with Gasteiger partial charge in [-0.3, -0.25) is 14.8 Å². The molecule has 0 saturated heterocycles. The van der Waals surface area contributed by atoms with E-state index in [2.05, 4.69) is 4.90 Å². The number of pyridine rings is 1. The molecule has 1 atom stereocenters. The van der Waals surface area contributed by atoms with Gasteiger partial charge in [-0.1, -0.05) is 44.2 Å². The van der Waals surface area contributed by atoms with Crippen molar-refractivity contribution in [3.05, 3.63) is 70.4 Å². The molecule has 10 heteroatoms. The second-order valence-corrected chi connectivity index (χ2v) is 11.3. The molecule has 0 fully saturated rings. The summed E-state index contributed by atoms with van der Waals surface area (Å²) in [4.78, 5) is 27.0. The Balaban J connectivity index is 0.00000222. The van der Waals surface area contributed by atoms with E-state index in [-0.39, 0.29) is 23.7 Å². The van der Waals surface area contributed by atoms with E-state index < -0.39 is 31.9 Å². The van der Waals surface area contributed by atoms with Crippen LogP contribution in [0.15, 0.2) is 53.5 Å². The van der Waals surface area contributed by atoms with E-state index in [4.69, 9.17) is 5.21 Å². The molecule has 0 aliphatic heterocycles. The summed E-state index contributed by atoms with van der Waals surface area (Å²) in [6.45, 7) is 5.70. The van der Waals surface area contributed by atoms with Crippen molar-refractivity contribution in [3.63, 3.8) is 0 Å². The van der Waals surface area contributed by atoms with E-state index in [1.54, 1.807) is 12.1 Å². The number of carbonyl (C=O) groups excluding carboxylic acids is 1. The first-order chi connectivity index (χ1) is 16.9. The van der Waals surface area contributed by atoms with E-state index in [1.807, 2.05) is 52.2 Å². The minimum atomic E-state index is -3.94. The van der Waals surface area contributed by atoms with Gasteiger partial charge in [-0.25, -0.2) is 18.3 Å². The fourth-order valence-corrected chi connectivity index (χ4v) is 4.63. The Kier molecular flexibility index (Phi) is 9.53. The molecule has 0 aliphatic carbocycles. The molecule has 2 N–H and O–H groups in total. The summed E-state index contributed by atoms with van der Waals surface area (Å²) in [5, 5.41) is 9.24.